The molecule has 8 heteroatoms. The van der Waals surface area contributed by atoms with E-state index in [2.05, 4.69) is 0 Å². The standard InChI is InChI=1S/C12H7F2NO3S2/c13-7-2-1-6(8(14)4-7)3-9-11(18)15(5-10(16)17)12(19)20-9/h1-4H,5H2,(H,16,17). The van der Waals surface area contributed by atoms with Gasteiger partial charge in [0, 0.05) is 11.6 Å². The van der Waals surface area contributed by atoms with E-state index >= 15 is 0 Å². The molecule has 1 saturated heterocycles. The van der Waals surface area contributed by atoms with Gasteiger partial charge in [0.15, 0.2) is 0 Å². The Balaban J connectivity index is 2.30. The number of amides is 1. The van der Waals surface area contributed by atoms with Gasteiger partial charge in [-0.15, -0.1) is 0 Å². The largest absolute Gasteiger partial charge is 0.480 e. The van der Waals surface area contributed by atoms with Gasteiger partial charge in [-0.25, -0.2) is 8.78 Å². The summed E-state index contributed by atoms with van der Waals surface area (Å²) in [6.07, 6.45) is 1.22. The van der Waals surface area contributed by atoms with Crippen LogP contribution in [0.4, 0.5) is 8.78 Å². The molecule has 0 saturated carbocycles. The van der Waals surface area contributed by atoms with Gasteiger partial charge in [0.05, 0.1) is 4.91 Å². The van der Waals surface area contributed by atoms with Crippen LogP contribution in [0.15, 0.2) is 23.1 Å². The second kappa shape index (κ2) is 5.68. The topological polar surface area (TPSA) is 57.6 Å². The quantitative estimate of drug-likeness (QED) is 0.685. The van der Waals surface area contributed by atoms with Gasteiger partial charge in [0.25, 0.3) is 5.91 Å². The van der Waals surface area contributed by atoms with Crippen LogP contribution in [0.25, 0.3) is 6.08 Å². The molecule has 0 aliphatic carbocycles. The molecular weight excluding hydrogens is 308 g/mol. The number of hydrogen-bond donors (Lipinski definition) is 1. The van der Waals surface area contributed by atoms with E-state index < -0.39 is 30.1 Å². The minimum absolute atomic E-state index is 0.0298. The van der Waals surface area contributed by atoms with Crippen LogP contribution in [-0.2, 0) is 9.59 Å². The number of benzene rings is 1. The fraction of sp³-hybridized carbons (Fsp3) is 0.0833. The number of carbonyl (C=O) groups is 2. The normalized spacial score (nSPS) is 17.1. The number of halogens is 2. The van der Waals surface area contributed by atoms with Crippen LogP contribution in [-0.4, -0.2) is 32.7 Å². The maximum absolute atomic E-state index is 13.5. The number of carboxylic acid groups (broad SMARTS) is 1. The van der Waals surface area contributed by atoms with Gasteiger partial charge >= 0.3 is 5.97 Å². The molecule has 1 N–H and O–H groups in total. The number of hydrogen-bond acceptors (Lipinski definition) is 4. The summed E-state index contributed by atoms with van der Waals surface area (Å²) in [6, 6.07) is 2.95. The third-order valence-electron chi connectivity index (χ3n) is 2.42. The zero-order chi connectivity index (χ0) is 14.9. The number of nitrogens with zero attached hydrogens (tertiary/aromatic N) is 1. The molecule has 0 bridgehead atoms. The summed E-state index contributed by atoms with van der Waals surface area (Å²) in [6.45, 7) is -0.548. The Morgan fingerprint density at radius 1 is 1.45 bits per heavy atom. The van der Waals surface area contributed by atoms with Crippen LogP contribution < -0.4 is 0 Å². The monoisotopic (exact) mass is 315 g/mol. The van der Waals surface area contributed by atoms with E-state index in [9.17, 15) is 18.4 Å². The lowest BCUT2D eigenvalue weighted by molar-refractivity contribution is -0.140. The highest BCUT2D eigenvalue weighted by atomic mass is 32.2. The number of rotatable bonds is 3. The Hall–Kier alpha value is -1.80. The second-order valence-electron chi connectivity index (χ2n) is 3.83. The van der Waals surface area contributed by atoms with Crippen molar-refractivity contribution in [2.24, 2.45) is 0 Å². The van der Waals surface area contributed by atoms with E-state index in [1.165, 1.54) is 12.1 Å². The molecule has 1 amide bonds. The van der Waals surface area contributed by atoms with Crippen LogP contribution in [0.5, 0.6) is 0 Å². The van der Waals surface area contributed by atoms with E-state index in [1.807, 2.05) is 0 Å². The van der Waals surface area contributed by atoms with Crippen molar-refractivity contribution in [3.63, 3.8) is 0 Å². The molecule has 1 aliphatic rings. The minimum Gasteiger partial charge on any atom is -0.480 e. The van der Waals surface area contributed by atoms with Crippen molar-refractivity contribution in [1.29, 1.82) is 0 Å². The number of thioether (sulfide) groups is 1. The smallest absolute Gasteiger partial charge is 0.323 e. The fourth-order valence-electron chi connectivity index (χ4n) is 1.53. The van der Waals surface area contributed by atoms with Crippen molar-refractivity contribution in [3.05, 3.63) is 40.3 Å². The summed E-state index contributed by atoms with van der Waals surface area (Å²) in [5.74, 6) is -3.34. The van der Waals surface area contributed by atoms with E-state index in [0.717, 1.165) is 22.7 Å². The zero-order valence-electron chi connectivity index (χ0n) is 9.80. The molecule has 0 unspecified atom stereocenters. The Kier molecular flexibility index (Phi) is 4.15. The summed E-state index contributed by atoms with van der Waals surface area (Å²) >= 11 is 5.77. The van der Waals surface area contributed by atoms with Crippen molar-refractivity contribution < 1.29 is 23.5 Å². The molecule has 20 heavy (non-hydrogen) atoms. The summed E-state index contributed by atoms with van der Waals surface area (Å²) in [5, 5.41) is 8.68. The number of carbonyl (C=O) groups excluding carboxylic acids is 1. The SMILES string of the molecule is O=C(O)CN1C(=O)C(=Cc2ccc(F)cc2F)SC1=S. The molecule has 104 valence electrons. The number of aliphatic carboxylic acids is 1. The lowest BCUT2D eigenvalue weighted by atomic mass is 10.2. The minimum atomic E-state index is -1.20. The van der Waals surface area contributed by atoms with Crippen molar-refractivity contribution in [2.75, 3.05) is 6.54 Å². The lowest BCUT2D eigenvalue weighted by Gasteiger charge is -2.10. The number of carboxylic acids is 1. The fourth-order valence-corrected chi connectivity index (χ4v) is 2.78. The Morgan fingerprint density at radius 3 is 2.75 bits per heavy atom. The molecule has 0 aromatic heterocycles. The zero-order valence-corrected chi connectivity index (χ0v) is 11.4. The van der Waals surface area contributed by atoms with Gasteiger partial charge in [-0.2, -0.15) is 0 Å². The van der Waals surface area contributed by atoms with Gasteiger partial charge < -0.3 is 5.11 Å². The van der Waals surface area contributed by atoms with Crippen LogP contribution in [0.2, 0.25) is 0 Å². The van der Waals surface area contributed by atoms with Crippen molar-refractivity contribution in [1.82, 2.24) is 4.90 Å². The van der Waals surface area contributed by atoms with Gasteiger partial charge in [-0.3, -0.25) is 14.5 Å². The predicted octanol–water partition coefficient (Wildman–Crippen LogP) is 2.25. The summed E-state index contributed by atoms with van der Waals surface area (Å²) in [4.78, 5) is 23.6. The van der Waals surface area contributed by atoms with Gasteiger partial charge in [0.1, 0.15) is 22.5 Å². The van der Waals surface area contributed by atoms with Gasteiger partial charge in [-0.05, 0) is 18.2 Å². The highest BCUT2D eigenvalue weighted by Crippen LogP contribution is 2.32. The molecule has 1 heterocycles. The molecule has 1 aliphatic heterocycles. The average Bonchev–Trinajstić information content (AvgIpc) is 2.60. The molecule has 0 atom stereocenters. The summed E-state index contributed by atoms with van der Waals surface area (Å²) in [7, 11) is 0. The molecule has 0 radical (unpaired) electrons. The van der Waals surface area contributed by atoms with Crippen molar-refractivity contribution >= 4 is 46.3 Å². The van der Waals surface area contributed by atoms with Crippen molar-refractivity contribution in [2.45, 2.75) is 0 Å². The first-order valence-corrected chi connectivity index (χ1v) is 6.53. The van der Waals surface area contributed by atoms with Gasteiger partial charge in [-0.1, -0.05) is 24.0 Å². The molecule has 1 aromatic rings. The maximum atomic E-state index is 13.5. The molecule has 1 fully saturated rings. The predicted molar refractivity (Wildman–Crippen MR) is 73.9 cm³/mol. The number of thiocarbonyl (C=S) groups is 1. The first kappa shape index (κ1) is 14.6. The Bertz CT molecular complexity index is 646. The molecule has 4 nitrogen and oxygen atoms in total. The van der Waals surface area contributed by atoms with Crippen LogP contribution >= 0.6 is 24.0 Å². The molecule has 2 rings (SSSR count). The summed E-state index contributed by atoms with van der Waals surface area (Å²) < 4.78 is 26.4. The lowest BCUT2D eigenvalue weighted by Crippen LogP contribution is -2.33. The first-order valence-electron chi connectivity index (χ1n) is 5.30. The Morgan fingerprint density at radius 2 is 2.15 bits per heavy atom. The van der Waals surface area contributed by atoms with E-state index in [1.54, 1.807) is 0 Å². The van der Waals surface area contributed by atoms with E-state index in [4.69, 9.17) is 17.3 Å². The Labute approximate surface area is 122 Å². The molecule has 1 aromatic carbocycles. The maximum Gasteiger partial charge on any atom is 0.323 e. The van der Waals surface area contributed by atoms with Gasteiger partial charge in [0.2, 0.25) is 0 Å². The summed E-state index contributed by atoms with van der Waals surface area (Å²) in [5.41, 5.74) is 0.0298. The average molecular weight is 315 g/mol. The first-order chi connectivity index (χ1) is 9.38. The van der Waals surface area contributed by atoms with Crippen LogP contribution in [0, 0.1) is 11.6 Å². The molecular formula is C12H7F2NO3S2. The third kappa shape index (κ3) is 3.02. The van der Waals surface area contributed by atoms with Crippen LogP contribution in [0.1, 0.15) is 5.56 Å². The highest BCUT2D eigenvalue weighted by molar-refractivity contribution is 8.26. The second-order valence-corrected chi connectivity index (χ2v) is 5.50. The van der Waals surface area contributed by atoms with Crippen molar-refractivity contribution in [3.8, 4) is 0 Å². The third-order valence-corrected chi connectivity index (χ3v) is 3.79. The van der Waals surface area contributed by atoms with Crippen LogP contribution in [0.3, 0.4) is 0 Å². The highest BCUT2D eigenvalue weighted by Gasteiger charge is 2.33. The van der Waals surface area contributed by atoms with E-state index in [0.29, 0.717) is 6.07 Å². The van der Waals surface area contributed by atoms with E-state index in [-0.39, 0.29) is 14.8 Å². The molecule has 0 spiro atoms.